The zero-order valence-corrected chi connectivity index (χ0v) is 12.2. The van der Waals surface area contributed by atoms with E-state index < -0.39 is 0 Å². The summed E-state index contributed by atoms with van der Waals surface area (Å²) in [5.74, 6) is 0.840. The molecule has 2 rings (SSSR count). The molecule has 0 spiro atoms. The van der Waals surface area contributed by atoms with E-state index in [-0.39, 0.29) is 11.7 Å². The number of carbonyl (C=O) groups excluding carboxylic acids is 1. The molecule has 1 aromatic rings. The molecule has 1 atom stereocenters. The molecule has 0 aliphatic carbocycles. The lowest BCUT2D eigenvalue weighted by molar-refractivity contribution is 0.0681. The van der Waals surface area contributed by atoms with Crippen molar-refractivity contribution in [3.63, 3.8) is 0 Å². The quantitative estimate of drug-likeness (QED) is 0.845. The molecule has 1 fully saturated rings. The molecule has 0 aromatic heterocycles. The molecule has 0 radical (unpaired) electrons. The Bertz CT molecular complexity index is 453. The second kappa shape index (κ2) is 5.93. The normalized spacial score (nSPS) is 19.9. The molecule has 1 amide bonds. The van der Waals surface area contributed by atoms with Crippen LogP contribution in [-0.4, -0.2) is 34.9 Å². The third-order valence-electron chi connectivity index (χ3n) is 3.21. The van der Waals surface area contributed by atoms with Crippen molar-refractivity contribution in [2.75, 3.05) is 19.0 Å². The number of aromatic hydroxyl groups is 1. The summed E-state index contributed by atoms with van der Waals surface area (Å²) in [7, 11) is 0. The van der Waals surface area contributed by atoms with Gasteiger partial charge in [-0.2, -0.15) is 0 Å². The van der Waals surface area contributed by atoms with Gasteiger partial charge in [0.2, 0.25) is 0 Å². The second-order valence-corrected chi connectivity index (χ2v) is 5.80. The Balaban J connectivity index is 2.17. The molecular formula is C13H15BrClNO2. The molecule has 1 aliphatic heterocycles. The average molecular weight is 333 g/mol. The van der Waals surface area contributed by atoms with Gasteiger partial charge >= 0.3 is 0 Å². The standard InChI is InChI=1S/C13H15BrClNO2/c14-10-3-4-12(17)11(6-10)13(18)16-5-1-2-9(7-15)8-16/h3-4,6,9,17H,1-2,5,7-8H2. The van der Waals surface area contributed by atoms with Gasteiger partial charge in [-0.3, -0.25) is 4.79 Å². The minimum absolute atomic E-state index is 0.0243. The highest BCUT2D eigenvalue weighted by atomic mass is 79.9. The third-order valence-corrected chi connectivity index (χ3v) is 4.14. The fourth-order valence-electron chi connectivity index (χ4n) is 2.23. The Morgan fingerprint density at radius 1 is 1.56 bits per heavy atom. The summed E-state index contributed by atoms with van der Waals surface area (Å²) < 4.78 is 0.787. The van der Waals surface area contributed by atoms with Crippen molar-refractivity contribution in [1.29, 1.82) is 0 Å². The Labute approximate surface area is 120 Å². The van der Waals surface area contributed by atoms with Crippen LogP contribution in [0.5, 0.6) is 5.75 Å². The first-order valence-electron chi connectivity index (χ1n) is 5.95. The Morgan fingerprint density at radius 3 is 3.06 bits per heavy atom. The SMILES string of the molecule is O=C(c1cc(Br)ccc1O)N1CCCC(CCl)C1. The summed E-state index contributed by atoms with van der Waals surface area (Å²) in [5.41, 5.74) is 0.347. The van der Waals surface area contributed by atoms with Crippen LogP contribution in [-0.2, 0) is 0 Å². The minimum Gasteiger partial charge on any atom is -0.507 e. The van der Waals surface area contributed by atoms with Crippen molar-refractivity contribution >= 4 is 33.4 Å². The van der Waals surface area contributed by atoms with Gasteiger partial charge in [-0.25, -0.2) is 0 Å². The van der Waals surface area contributed by atoms with Crippen molar-refractivity contribution in [2.45, 2.75) is 12.8 Å². The molecule has 98 valence electrons. The van der Waals surface area contributed by atoms with Crippen LogP contribution in [0.15, 0.2) is 22.7 Å². The van der Waals surface area contributed by atoms with Crippen molar-refractivity contribution in [3.8, 4) is 5.75 Å². The van der Waals surface area contributed by atoms with E-state index in [4.69, 9.17) is 11.6 Å². The van der Waals surface area contributed by atoms with Gasteiger partial charge in [-0.15, -0.1) is 11.6 Å². The van der Waals surface area contributed by atoms with E-state index >= 15 is 0 Å². The number of halogens is 2. The average Bonchev–Trinajstić information content (AvgIpc) is 2.41. The lowest BCUT2D eigenvalue weighted by Crippen LogP contribution is -2.40. The summed E-state index contributed by atoms with van der Waals surface area (Å²) in [5, 5.41) is 9.76. The van der Waals surface area contributed by atoms with E-state index in [0.717, 1.165) is 23.9 Å². The maximum Gasteiger partial charge on any atom is 0.257 e. The van der Waals surface area contributed by atoms with Gasteiger partial charge in [0.05, 0.1) is 5.56 Å². The summed E-state index contributed by atoms with van der Waals surface area (Å²) in [4.78, 5) is 14.1. The number of piperidine rings is 1. The fraction of sp³-hybridized carbons (Fsp3) is 0.462. The molecule has 1 aromatic carbocycles. The number of amides is 1. The van der Waals surface area contributed by atoms with E-state index in [1.165, 1.54) is 6.07 Å². The molecule has 1 N–H and O–H groups in total. The molecule has 18 heavy (non-hydrogen) atoms. The van der Waals surface area contributed by atoms with E-state index in [1.54, 1.807) is 17.0 Å². The number of nitrogens with zero attached hydrogens (tertiary/aromatic N) is 1. The number of alkyl halides is 1. The van der Waals surface area contributed by atoms with E-state index in [0.29, 0.717) is 23.9 Å². The smallest absolute Gasteiger partial charge is 0.257 e. The number of rotatable bonds is 2. The first kappa shape index (κ1) is 13.7. The molecule has 1 heterocycles. The zero-order chi connectivity index (χ0) is 13.1. The van der Waals surface area contributed by atoms with Gasteiger partial charge in [-0.1, -0.05) is 15.9 Å². The van der Waals surface area contributed by atoms with Crippen LogP contribution in [0.2, 0.25) is 0 Å². The van der Waals surface area contributed by atoms with Gasteiger partial charge in [0.25, 0.3) is 5.91 Å². The lowest BCUT2D eigenvalue weighted by Gasteiger charge is -2.32. The van der Waals surface area contributed by atoms with Crippen LogP contribution in [0.4, 0.5) is 0 Å². The summed E-state index contributed by atoms with van der Waals surface area (Å²) >= 11 is 9.17. The van der Waals surface area contributed by atoms with Crippen LogP contribution >= 0.6 is 27.5 Å². The molecule has 0 bridgehead atoms. The Hall–Kier alpha value is -0.740. The third kappa shape index (κ3) is 2.98. The van der Waals surface area contributed by atoms with Crippen LogP contribution in [0.25, 0.3) is 0 Å². The maximum absolute atomic E-state index is 12.3. The molecular weight excluding hydrogens is 318 g/mol. The van der Waals surface area contributed by atoms with Crippen LogP contribution in [0.1, 0.15) is 23.2 Å². The van der Waals surface area contributed by atoms with Crippen molar-refractivity contribution in [2.24, 2.45) is 5.92 Å². The number of phenols is 1. The van der Waals surface area contributed by atoms with Gasteiger partial charge < -0.3 is 10.0 Å². The van der Waals surface area contributed by atoms with Crippen molar-refractivity contribution < 1.29 is 9.90 Å². The first-order valence-corrected chi connectivity index (χ1v) is 7.28. The molecule has 1 unspecified atom stereocenters. The predicted octanol–water partition coefficient (Wildman–Crippen LogP) is 3.25. The first-order chi connectivity index (χ1) is 8.61. The van der Waals surface area contributed by atoms with Crippen LogP contribution < -0.4 is 0 Å². The van der Waals surface area contributed by atoms with E-state index in [9.17, 15) is 9.90 Å². The van der Waals surface area contributed by atoms with Crippen molar-refractivity contribution in [1.82, 2.24) is 4.90 Å². The minimum atomic E-state index is -0.122. The predicted molar refractivity (Wildman–Crippen MR) is 75.2 cm³/mol. The Kier molecular flexibility index (Phi) is 4.51. The number of phenolic OH excluding ortho intramolecular Hbond substituents is 1. The molecule has 1 saturated heterocycles. The second-order valence-electron chi connectivity index (χ2n) is 4.58. The zero-order valence-electron chi connectivity index (χ0n) is 9.90. The topological polar surface area (TPSA) is 40.5 Å². The van der Waals surface area contributed by atoms with Gasteiger partial charge in [0.15, 0.2) is 0 Å². The molecule has 3 nitrogen and oxygen atoms in total. The van der Waals surface area contributed by atoms with Gasteiger partial charge in [0, 0.05) is 23.4 Å². The maximum atomic E-state index is 12.3. The lowest BCUT2D eigenvalue weighted by atomic mass is 9.99. The number of hydrogen-bond donors (Lipinski definition) is 1. The summed E-state index contributed by atoms with van der Waals surface area (Å²) in [6.07, 6.45) is 2.04. The van der Waals surface area contributed by atoms with Gasteiger partial charge in [-0.05, 0) is 37.0 Å². The summed E-state index contributed by atoms with van der Waals surface area (Å²) in [6, 6.07) is 4.89. The summed E-state index contributed by atoms with van der Waals surface area (Å²) in [6.45, 7) is 1.41. The Morgan fingerprint density at radius 2 is 2.33 bits per heavy atom. The highest BCUT2D eigenvalue weighted by Gasteiger charge is 2.25. The number of likely N-dealkylation sites (tertiary alicyclic amines) is 1. The van der Waals surface area contributed by atoms with Gasteiger partial charge in [0.1, 0.15) is 5.75 Å². The highest BCUT2D eigenvalue weighted by molar-refractivity contribution is 9.10. The highest BCUT2D eigenvalue weighted by Crippen LogP contribution is 2.26. The number of benzene rings is 1. The van der Waals surface area contributed by atoms with Crippen LogP contribution in [0.3, 0.4) is 0 Å². The molecule has 1 aliphatic rings. The van der Waals surface area contributed by atoms with Crippen LogP contribution in [0, 0.1) is 5.92 Å². The largest absolute Gasteiger partial charge is 0.507 e. The number of hydrogen-bond acceptors (Lipinski definition) is 2. The van der Waals surface area contributed by atoms with Crippen molar-refractivity contribution in [3.05, 3.63) is 28.2 Å². The fourth-order valence-corrected chi connectivity index (χ4v) is 2.84. The van der Waals surface area contributed by atoms with E-state index in [2.05, 4.69) is 15.9 Å². The molecule has 5 heteroatoms. The number of carbonyl (C=O) groups is 1. The monoisotopic (exact) mass is 331 g/mol. The molecule has 0 saturated carbocycles. The van der Waals surface area contributed by atoms with E-state index in [1.807, 2.05) is 0 Å².